The Hall–Kier alpha value is -3.37. The number of hydrogen-bond donors (Lipinski definition) is 2. The molecule has 0 radical (unpaired) electrons. The molecule has 1 aliphatic heterocycles. The van der Waals surface area contributed by atoms with Gasteiger partial charge in [-0.15, -0.1) is 0 Å². The zero-order valence-corrected chi connectivity index (χ0v) is 26.3. The number of amides is 2. The molecule has 1 unspecified atom stereocenters. The van der Waals surface area contributed by atoms with Crippen LogP contribution in [0.4, 0.5) is 4.79 Å². The van der Waals surface area contributed by atoms with Crippen molar-refractivity contribution in [1.29, 1.82) is 5.26 Å². The smallest absolute Gasteiger partial charge is 0.315 e. The Kier molecular flexibility index (Phi) is 12.0. The zero-order valence-electron chi connectivity index (χ0n) is 26.3. The number of nitrogens with one attached hydrogen (secondary N) is 2. The summed E-state index contributed by atoms with van der Waals surface area (Å²) in [7, 11) is 0. The number of urea groups is 1. The summed E-state index contributed by atoms with van der Waals surface area (Å²) in [6.45, 7) is 9.46. The van der Waals surface area contributed by atoms with E-state index in [0.29, 0.717) is 18.9 Å². The molecular weight excluding hydrogens is 536 g/mol. The Morgan fingerprint density at radius 1 is 1.00 bits per heavy atom. The van der Waals surface area contributed by atoms with E-state index in [9.17, 15) is 14.9 Å². The van der Waals surface area contributed by atoms with Crippen molar-refractivity contribution >= 4 is 12.0 Å². The Morgan fingerprint density at radius 3 is 2.19 bits per heavy atom. The molecule has 7 heteroatoms. The number of benzene rings is 2. The van der Waals surface area contributed by atoms with E-state index in [1.165, 1.54) is 0 Å². The number of ether oxygens (including phenoxy) is 1. The summed E-state index contributed by atoms with van der Waals surface area (Å²) in [5.74, 6) is 0.885. The van der Waals surface area contributed by atoms with E-state index in [4.69, 9.17) is 4.74 Å². The highest BCUT2D eigenvalue weighted by Gasteiger charge is 2.44. The van der Waals surface area contributed by atoms with Crippen molar-refractivity contribution in [3.63, 3.8) is 0 Å². The first-order valence-corrected chi connectivity index (χ1v) is 16.3. The fourth-order valence-corrected chi connectivity index (χ4v) is 7.05. The lowest BCUT2D eigenvalue weighted by molar-refractivity contribution is -0.149. The summed E-state index contributed by atoms with van der Waals surface area (Å²) in [5.41, 5.74) is 0.762. The number of rotatable bonds is 12. The monoisotopic (exact) mass is 586 g/mol. The molecule has 2 aliphatic rings. The van der Waals surface area contributed by atoms with Gasteiger partial charge in [-0.05, 0) is 94.3 Å². The fraction of sp³-hybridized carbons (Fsp3) is 0.583. The minimum atomic E-state index is -1.01. The van der Waals surface area contributed by atoms with Gasteiger partial charge in [0.25, 0.3) is 0 Å². The third-order valence-electron chi connectivity index (χ3n) is 9.33. The summed E-state index contributed by atoms with van der Waals surface area (Å²) in [6.07, 6.45) is 7.87. The van der Waals surface area contributed by atoms with Gasteiger partial charge in [0.1, 0.15) is 5.41 Å². The maximum atomic E-state index is 13.5. The molecule has 2 amide bonds. The van der Waals surface area contributed by atoms with E-state index in [0.717, 1.165) is 75.7 Å². The number of nitriles is 1. The minimum absolute atomic E-state index is 0.00946. The third kappa shape index (κ3) is 8.60. The van der Waals surface area contributed by atoms with Crippen molar-refractivity contribution in [2.24, 2.45) is 17.8 Å². The second-order valence-electron chi connectivity index (χ2n) is 12.8. The summed E-state index contributed by atoms with van der Waals surface area (Å²) >= 11 is 0. The Morgan fingerprint density at radius 2 is 1.63 bits per heavy atom. The highest BCUT2D eigenvalue weighted by molar-refractivity contribution is 5.75. The van der Waals surface area contributed by atoms with Crippen LogP contribution in [0.15, 0.2) is 60.7 Å². The van der Waals surface area contributed by atoms with Gasteiger partial charge in [0.2, 0.25) is 0 Å². The molecule has 1 aliphatic carbocycles. The third-order valence-corrected chi connectivity index (χ3v) is 9.33. The molecule has 2 atom stereocenters. The van der Waals surface area contributed by atoms with Crippen molar-refractivity contribution in [2.45, 2.75) is 89.6 Å². The van der Waals surface area contributed by atoms with Crippen molar-refractivity contribution in [1.82, 2.24) is 15.5 Å². The fourth-order valence-electron chi connectivity index (χ4n) is 7.05. The van der Waals surface area contributed by atoms with Gasteiger partial charge in [-0.1, -0.05) is 74.5 Å². The van der Waals surface area contributed by atoms with Crippen LogP contribution in [0, 0.1) is 29.1 Å². The summed E-state index contributed by atoms with van der Waals surface area (Å²) in [4.78, 5) is 28.1. The molecule has 2 N–H and O–H groups in total. The maximum Gasteiger partial charge on any atom is 0.315 e. The van der Waals surface area contributed by atoms with Crippen LogP contribution in [0.1, 0.15) is 83.3 Å². The molecule has 1 saturated heterocycles. The van der Waals surface area contributed by atoms with Crippen LogP contribution in [-0.4, -0.2) is 55.2 Å². The molecule has 7 nitrogen and oxygen atoms in total. The van der Waals surface area contributed by atoms with Gasteiger partial charge in [-0.25, -0.2) is 4.79 Å². The highest BCUT2D eigenvalue weighted by Crippen LogP contribution is 2.38. The molecule has 4 rings (SSSR count). The van der Waals surface area contributed by atoms with Gasteiger partial charge in [0.15, 0.2) is 0 Å². The lowest BCUT2D eigenvalue weighted by Gasteiger charge is -2.38. The molecule has 2 aromatic carbocycles. The number of piperidine rings is 1. The second-order valence-corrected chi connectivity index (χ2v) is 12.8. The molecule has 0 aromatic heterocycles. The average molecular weight is 587 g/mol. The Bertz CT molecular complexity index is 1150. The summed E-state index contributed by atoms with van der Waals surface area (Å²) in [6, 6.07) is 21.9. The molecule has 0 bridgehead atoms. The van der Waals surface area contributed by atoms with Crippen molar-refractivity contribution in [3.8, 4) is 6.07 Å². The van der Waals surface area contributed by atoms with Crippen LogP contribution in [0.5, 0.6) is 0 Å². The van der Waals surface area contributed by atoms with Gasteiger partial charge in [-0.3, -0.25) is 4.79 Å². The highest BCUT2D eigenvalue weighted by atomic mass is 16.5. The Labute approximate surface area is 258 Å². The van der Waals surface area contributed by atoms with Crippen LogP contribution in [0.2, 0.25) is 0 Å². The first kappa shape index (κ1) is 32.5. The van der Waals surface area contributed by atoms with Crippen molar-refractivity contribution in [3.05, 3.63) is 71.8 Å². The number of likely N-dealkylation sites (tertiary alicyclic amines) is 1. The maximum absolute atomic E-state index is 13.5. The van der Waals surface area contributed by atoms with E-state index in [2.05, 4.69) is 35.5 Å². The lowest BCUT2D eigenvalue weighted by atomic mass is 9.68. The van der Waals surface area contributed by atoms with E-state index in [1.807, 2.05) is 67.6 Å². The van der Waals surface area contributed by atoms with Crippen LogP contribution in [0.25, 0.3) is 0 Å². The van der Waals surface area contributed by atoms with Crippen LogP contribution >= 0.6 is 0 Å². The minimum Gasteiger partial charge on any atom is -0.466 e. The molecule has 43 heavy (non-hydrogen) atoms. The quantitative estimate of drug-likeness (QED) is 0.279. The van der Waals surface area contributed by atoms with Gasteiger partial charge < -0.3 is 20.3 Å². The van der Waals surface area contributed by atoms with Crippen molar-refractivity contribution < 1.29 is 14.3 Å². The van der Waals surface area contributed by atoms with Crippen LogP contribution in [-0.2, 0) is 14.9 Å². The lowest BCUT2D eigenvalue weighted by Crippen LogP contribution is -2.55. The Balaban J connectivity index is 1.34. The molecule has 1 heterocycles. The van der Waals surface area contributed by atoms with Gasteiger partial charge in [0.05, 0.1) is 24.6 Å². The van der Waals surface area contributed by atoms with E-state index < -0.39 is 11.5 Å². The van der Waals surface area contributed by atoms with Gasteiger partial charge >= 0.3 is 12.0 Å². The topological polar surface area (TPSA) is 94.5 Å². The number of carbonyl (C=O) groups is 2. The standard InChI is InChI=1S/C36H50N4O3/c1-4-43-34(41)29-12-11-22-40(25-29)23-21-28-17-19-32(20-18-28)38-35(42)39-33(24-27(2)3)36(26-37,30-13-7-5-8-14-30)31-15-9-6-10-16-31/h5-10,13-16,27-29,32-33H,4,11-12,17-25H2,1-3H3,(H2,38,39,42)/t28-,29?,32-,33-/m0/s1. The number of carbonyl (C=O) groups excluding carboxylic acids is 2. The largest absolute Gasteiger partial charge is 0.466 e. The number of hydrogen-bond acceptors (Lipinski definition) is 5. The van der Waals surface area contributed by atoms with Crippen molar-refractivity contribution in [2.75, 3.05) is 26.2 Å². The van der Waals surface area contributed by atoms with E-state index >= 15 is 0 Å². The first-order valence-electron chi connectivity index (χ1n) is 16.3. The second kappa shape index (κ2) is 15.9. The number of nitrogens with zero attached hydrogens (tertiary/aromatic N) is 2. The van der Waals surface area contributed by atoms with Gasteiger partial charge in [0, 0.05) is 12.6 Å². The van der Waals surface area contributed by atoms with E-state index in [1.54, 1.807) is 0 Å². The van der Waals surface area contributed by atoms with Crippen LogP contribution in [0.3, 0.4) is 0 Å². The summed E-state index contributed by atoms with van der Waals surface area (Å²) < 4.78 is 5.26. The molecule has 1 saturated carbocycles. The first-order chi connectivity index (χ1) is 20.8. The summed E-state index contributed by atoms with van der Waals surface area (Å²) in [5, 5.41) is 17.3. The van der Waals surface area contributed by atoms with Gasteiger partial charge in [-0.2, -0.15) is 5.26 Å². The average Bonchev–Trinajstić information content (AvgIpc) is 3.02. The predicted octanol–water partition coefficient (Wildman–Crippen LogP) is 6.43. The molecule has 0 spiro atoms. The van der Waals surface area contributed by atoms with E-state index in [-0.39, 0.29) is 29.9 Å². The zero-order chi connectivity index (χ0) is 30.7. The number of esters is 1. The van der Waals surface area contributed by atoms with Crippen LogP contribution < -0.4 is 10.6 Å². The predicted molar refractivity (Wildman–Crippen MR) is 170 cm³/mol. The molecule has 2 fully saturated rings. The SMILES string of the molecule is CCOC(=O)C1CCCN(CC[C@H]2CC[C@H](NC(=O)N[C@@H](CC(C)C)C(C#N)(c3ccccc3)c3ccccc3)CC2)C1. The molecule has 232 valence electrons. The normalized spacial score (nSPS) is 21.9. The molecule has 2 aromatic rings. The molecular formula is C36H50N4O3.